The van der Waals surface area contributed by atoms with Crippen LogP contribution in [0, 0.1) is 5.41 Å². The van der Waals surface area contributed by atoms with Crippen molar-refractivity contribution in [1.29, 1.82) is 0 Å². The van der Waals surface area contributed by atoms with Crippen LogP contribution in [0.4, 0.5) is 0 Å². The normalized spacial score (nSPS) is 33.9. The van der Waals surface area contributed by atoms with E-state index in [0.717, 1.165) is 21.9 Å². The van der Waals surface area contributed by atoms with Gasteiger partial charge in [0.05, 0.1) is 6.10 Å². The van der Waals surface area contributed by atoms with E-state index in [1.807, 2.05) is 25.1 Å². The predicted octanol–water partition coefficient (Wildman–Crippen LogP) is 1.64. The summed E-state index contributed by atoms with van der Waals surface area (Å²) in [4.78, 5) is 12.3. The van der Waals surface area contributed by atoms with Gasteiger partial charge in [-0.3, -0.25) is 4.79 Å². The number of aliphatic hydroxyl groups is 3. The van der Waals surface area contributed by atoms with E-state index in [-0.39, 0.29) is 18.1 Å². The smallest absolute Gasteiger partial charge is 0.192 e. The Kier molecular flexibility index (Phi) is 3.48. The van der Waals surface area contributed by atoms with Gasteiger partial charge in [-0.2, -0.15) is 0 Å². The summed E-state index contributed by atoms with van der Waals surface area (Å²) in [7, 11) is 0. The van der Waals surface area contributed by atoms with E-state index in [0.29, 0.717) is 12.8 Å². The molecule has 0 saturated heterocycles. The Morgan fingerprint density at radius 1 is 1.28 bits per heavy atom. The van der Waals surface area contributed by atoms with Crippen molar-refractivity contribution in [3.63, 3.8) is 0 Å². The molecule has 1 fully saturated rings. The summed E-state index contributed by atoms with van der Waals surface area (Å²) < 4.78 is 0. The number of ketones is 1. The van der Waals surface area contributed by atoms with E-state index in [9.17, 15) is 25.2 Å². The summed E-state index contributed by atoms with van der Waals surface area (Å²) in [5.74, 6) is -0.656. The van der Waals surface area contributed by atoms with Gasteiger partial charge in [-0.1, -0.05) is 25.1 Å². The number of carbonyl (C=O) groups excluding carboxylic acids is 1. The highest BCUT2D eigenvalue weighted by atomic mass is 16.4. The molecule has 2 aromatic carbocycles. The van der Waals surface area contributed by atoms with Crippen molar-refractivity contribution in [2.24, 2.45) is 5.41 Å². The van der Waals surface area contributed by atoms with Gasteiger partial charge in [0.15, 0.2) is 11.4 Å². The Morgan fingerprint density at radius 2 is 2.04 bits per heavy atom. The Bertz CT molecular complexity index is 876. The first kappa shape index (κ1) is 16.5. The minimum Gasteiger partial charge on any atom is -0.508 e. The van der Waals surface area contributed by atoms with Gasteiger partial charge in [0.25, 0.3) is 0 Å². The fourth-order valence-corrected chi connectivity index (χ4v) is 5.15. The molecular weight excluding hydrogens is 320 g/mol. The monoisotopic (exact) mass is 342 g/mol. The highest BCUT2D eigenvalue weighted by Crippen LogP contribution is 2.61. The van der Waals surface area contributed by atoms with Crippen LogP contribution in [-0.4, -0.2) is 44.5 Å². The van der Waals surface area contributed by atoms with Crippen LogP contribution in [0.2, 0.25) is 0 Å². The zero-order valence-corrected chi connectivity index (χ0v) is 14.1. The Balaban J connectivity index is 1.89. The minimum absolute atomic E-state index is 0.162. The first-order valence-corrected chi connectivity index (χ1v) is 8.62. The summed E-state index contributed by atoms with van der Waals surface area (Å²) in [5.41, 5.74) is -0.557. The number of rotatable bonds is 2. The number of hydrogen-bond donors (Lipinski definition) is 4. The lowest BCUT2D eigenvalue weighted by Gasteiger charge is -2.46. The number of carbonyl (C=O) groups is 1. The number of aryl methyl sites for hydroxylation is 1. The highest BCUT2D eigenvalue weighted by molar-refractivity contribution is 5.92. The maximum atomic E-state index is 12.3. The molecule has 0 aromatic heterocycles. The molecule has 0 aliphatic heterocycles. The number of benzene rings is 2. The van der Waals surface area contributed by atoms with E-state index < -0.39 is 29.5 Å². The second-order valence-corrected chi connectivity index (χ2v) is 7.61. The number of phenolic OH excluding ortho intramolecular Hbond substituents is 1. The van der Waals surface area contributed by atoms with Crippen molar-refractivity contribution in [2.45, 2.75) is 43.8 Å². The lowest BCUT2D eigenvalue weighted by atomic mass is 9.60. The first-order valence-electron chi connectivity index (χ1n) is 8.62. The van der Waals surface area contributed by atoms with Gasteiger partial charge in [-0.05, 0) is 59.2 Å². The van der Waals surface area contributed by atoms with Crippen LogP contribution in [0.15, 0.2) is 30.3 Å². The second kappa shape index (κ2) is 5.27. The van der Waals surface area contributed by atoms with Crippen molar-refractivity contribution in [1.82, 2.24) is 0 Å². The molecule has 0 bridgehead atoms. The third-order valence-corrected chi connectivity index (χ3v) is 6.57. The molecule has 2 aliphatic rings. The number of phenols is 1. The molecule has 5 nitrogen and oxygen atoms in total. The minimum atomic E-state index is -1.92. The average Bonchev–Trinajstić information content (AvgIpc) is 2.81. The van der Waals surface area contributed by atoms with Gasteiger partial charge in [-0.15, -0.1) is 0 Å². The van der Waals surface area contributed by atoms with Crippen molar-refractivity contribution in [3.8, 4) is 5.75 Å². The van der Waals surface area contributed by atoms with Crippen LogP contribution in [0.5, 0.6) is 5.75 Å². The van der Waals surface area contributed by atoms with E-state index in [4.69, 9.17) is 0 Å². The average molecular weight is 342 g/mol. The number of Topliss-reactive ketones (excluding diaryl/α,β-unsaturated/α-hetero) is 1. The molecule has 2 aromatic rings. The molecule has 4 rings (SSSR count). The topological polar surface area (TPSA) is 98.0 Å². The van der Waals surface area contributed by atoms with Crippen LogP contribution in [0.25, 0.3) is 10.8 Å². The van der Waals surface area contributed by atoms with Crippen molar-refractivity contribution < 1.29 is 25.2 Å². The third-order valence-electron chi connectivity index (χ3n) is 6.57. The Hall–Kier alpha value is -1.95. The van der Waals surface area contributed by atoms with Crippen molar-refractivity contribution in [3.05, 3.63) is 41.5 Å². The number of hydrogen-bond acceptors (Lipinski definition) is 5. The molecule has 132 valence electrons. The fraction of sp³-hybridized carbons (Fsp3) is 0.450. The molecule has 1 saturated carbocycles. The zero-order valence-electron chi connectivity index (χ0n) is 14.1. The zero-order chi connectivity index (χ0) is 18.0. The summed E-state index contributed by atoms with van der Waals surface area (Å²) in [6.45, 7) is 1.06. The lowest BCUT2D eigenvalue weighted by Crippen LogP contribution is -2.58. The first-order chi connectivity index (χ1) is 11.8. The standard InChI is InChI=1S/C20H22O5/c1-19-7-6-14-13-5-3-12(22)8-11(13)2-4-15(14)16(19)9-17(23)20(19,25)18(24)10-21/h2-5,8,16-17,21-23,25H,6-7,9-10H2,1H3/t16-,17+,19-,20-/m0/s1. The van der Waals surface area contributed by atoms with Crippen molar-refractivity contribution in [2.75, 3.05) is 6.61 Å². The van der Waals surface area contributed by atoms with Gasteiger partial charge < -0.3 is 20.4 Å². The molecule has 4 atom stereocenters. The van der Waals surface area contributed by atoms with E-state index in [1.54, 1.807) is 12.1 Å². The van der Waals surface area contributed by atoms with E-state index >= 15 is 0 Å². The van der Waals surface area contributed by atoms with Crippen LogP contribution in [-0.2, 0) is 11.2 Å². The summed E-state index contributed by atoms with van der Waals surface area (Å²) in [5, 5.41) is 42.6. The largest absolute Gasteiger partial charge is 0.508 e. The maximum absolute atomic E-state index is 12.3. The third kappa shape index (κ3) is 1.97. The molecular formula is C20H22O5. The summed E-state index contributed by atoms with van der Waals surface area (Å²) >= 11 is 0. The maximum Gasteiger partial charge on any atom is 0.192 e. The molecule has 5 heteroatoms. The van der Waals surface area contributed by atoms with Gasteiger partial charge in [0, 0.05) is 5.41 Å². The summed E-state index contributed by atoms with van der Waals surface area (Å²) in [6.07, 6.45) is 0.306. The van der Waals surface area contributed by atoms with Crippen LogP contribution >= 0.6 is 0 Å². The van der Waals surface area contributed by atoms with Gasteiger partial charge in [-0.25, -0.2) is 0 Å². The van der Waals surface area contributed by atoms with Gasteiger partial charge >= 0.3 is 0 Å². The second-order valence-electron chi connectivity index (χ2n) is 7.61. The molecule has 0 spiro atoms. The van der Waals surface area contributed by atoms with Gasteiger partial charge in [0.2, 0.25) is 0 Å². The molecule has 4 N–H and O–H groups in total. The lowest BCUT2D eigenvalue weighted by molar-refractivity contribution is -0.168. The Morgan fingerprint density at radius 3 is 2.76 bits per heavy atom. The van der Waals surface area contributed by atoms with Crippen molar-refractivity contribution >= 4 is 16.6 Å². The molecule has 0 radical (unpaired) electrons. The number of aromatic hydroxyl groups is 1. The predicted molar refractivity (Wildman–Crippen MR) is 92.4 cm³/mol. The van der Waals surface area contributed by atoms with Crippen LogP contribution < -0.4 is 0 Å². The van der Waals surface area contributed by atoms with Crippen LogP contribution in [0.1, 0.15) is 36.8 Å². The number of fused-ring (bicyclic) bond motifs is 5. The fourth-order valence-electron chi connectivity index (χ4n) is 5.15. The molecule has 0 amide bonds. The van der Waals surface area contributed by atoms with E-state index in [2.05, 4.69) is 0 Å². The molecule has 2 aliphatic carbocycles. The molecule has 25 heavy (non-hydrogen) atoms. The van der Waals surface area contributed by atoms with Crippen LogP contribution in [0.3, 0.4) is 0 Å². The highest BCUT2D eigenvalue weighted by Gasteiger charge is 2.66. The number of aliphatic hydroxyl groups excluding tert-OH is 2. The molecule has 0 unspecified atom stereocenters. The molecule has 0 heterocycles. The van der Waals surface area contributed by atoms with E-state index in [1.165, 1.54) is 0 Å². The summed E-state index contributed by atoms with van der Waals surface area (Å²) in [6, 6.07) is 9.17. The Labute approximate surface area is 145 Å². The quantitative estimate of drug-likeness (QED) is 0.665. The SMILES string of the molecule is C[C@]12CCc3c(ccc4cc(O)ccc34)[C@@H]1C[C@@H](O)[C@]2(O)C(=O)CO. The van der Waals surface area contributed by atoms with Gasteiger partial charge in [0.1, 0.15) is 12.4 Å².